The summed E-state index contributed by atoms with van der Waals surface area (Å²) in [7, 11) is 0. The summed E-state index contributed by atoms with van der Waals surface area (Å²) < 4.78 is 5.14. The number of hydrogen-bond acceptors (Lipinski definition) is 4. The molecule has 1 fully saturated rings. The molecule has 136 valence electrons. The van der Waals surface area contributed by atoms with Crippen LogP contribution in [0, 0.1) is 0 Å². The van der Waals surface area contributed by atoms with Gasteiger partial charge in [-0.3, -0.25) is 4.79 Å². The Labute approximate surface area is 158 Å². The number of benzene rings is 2. The van der Waals surface area contributed by atoms with Crippen LogP contribution in [-0.4, -0.2) is 49.6 Å². The number of nitrogens with zero attached hydrogens (tertiary/aromatic N) is 2. The van der Waals surface area contributed by atoms with E-state index in [9.17, 15) is 9.59 Å². The van der Waals surface area contributed by atoms with Crippen molar-refractivity contribution in [3.05, 3.63) is 64.7 Å². The first kappa shape index (κ1) is 18.3. The summed E-state index contributed by atoms with van der Waals surface area (Å²) in [6.07, 6.45) is 0. The summed E-state index contributed by atoms with van der Waals surface area (Å²) in [5, 5.41) is 0.465. The summed E-state index contributed by atoms with van der Waals surface area (Å²) in [6.45, 7) is 4.56. The second-order valence-electron chi connectivity index (χ2n) is 6.00. The highest BCUT2D eigenvalue weighted by Gasteiger charge is 2.25. The number of esters is 1. The SMILES string of the molecule is CCOC(=O)c1ccccc1N1CCN(C(=O)c2ccccc2Cl)CC1. The van der Waals surface area contributed by atoms with E-state index in [0.717, 1.165) is 5.69 Å². The van der Waals surface area contributed by atoms with Crippen molar-refractivity contribution in [2.75, 3.05) is 37.7 Å². The molecule has 5 nitrogen and oxygen atoms in total. The van der Waals surface area contributed by atoms with Crippen LogP contribution in [0.5, 0.6) is 0 Å². The highest BCUT2D eigenvalue weighted by molar-refractivity contribution is 6.33. The second-order valence-corrected chi connectivity index (χ2v) is 6.40. The molecule has 0 atom stereocenters. The van der Waals surface area contributed by atoms with Gasteiger partial charge in [0.1, 0.15) is 0 Å². The number of amides is 1. The minimum Gasteiger partial charge on any atom is -0.462 e. The lowest BCUT2D eigenvalue weighted by molar-refractivity contribution is 0.0526. The van der Waals surface area contributed by atoms with Crippen LogP contribution in [-0.2, 0) is 4.74 Å². The average Bonchev–Trinajstić information content (AvgIpc) is 2.68. The van der Waals surface area contributed by atoms with Crippen LogP contribution in [0.3, 0.4) is 0 Å². The Kier molecular flexibility index (Phi) is 5.78. The van der Waals surface area contributed by atoms with E-state index in [1.807, 2.05) is 30.3 Å². The molecule has 0 bridgehead atoms. The Balaban J connectivity index is 1.71. The predicted octanol–water partition coefficient (Wildman–Crippen LogP) is 3.48. The molecule has 1 saturated heterocycles. The standard InChI is InChI=1S/C20H21ClN2O3/c1-2-26-20(25)16-8-4-6-10-18(16)22-11-13-23(14-12-22)19(24)15-7-3-5-9-17(15)21/h3-10H,2,11-14H2,1H3. The fourth-order valence-corrected chi connectivity index (χ4v) is 3.30. The Hall–Kier alpha value is -2.53. The zero-order chi connectivity index (χ0) is 18.5. The van der Waals surface area contributed by atoms with Gasteiger partial charge in [0.2, 0.25) is 0 Å². The summed E-state index contributed by atoms with van der Waals surface area (Å²) in [5.41, 5.74) is 1.92. The number of para-hydroxylation sites is 1. The van der Waals surface area contributed by atoms with Crippen molar-refractivity contribution in [1.29, 1.82) is 0 Å². The maximum absolute atomic E-state index is 12.7. The van der Waals surface area contributed by atoms with Crippen molar-refractivity contribution in [1.82, 2.24) is 4.90 Å². The lowest BCUT2D eigenvalue weighted by Crippen LogP contribution is -2.49. The molecule has 1 heterocycles. The molecule has 2 aromatic rings. The van der Waals surface area contributed by atoms with Gasteiger partial charge in [0.25, 0.3) is 5.91 Å². The second kappa shape index (κ2) is 8.23. The van der Waals surface area contributed by atoms with Crippen molar-refractivity contribution >= 4 is 29.2 Å². The van der Waals surface area contributed by atoms with Crippen molar-refractivity contribution < 1.29 is 14.3 Å². The van der Waals surface area contributed by atoms with Gasteiger partial charge in [-0.25, -0.2) is 4.79 Å². The van der Waals surface area contributed by atoms with Gasteiger partial charge in [-0.05, 0) is 31.2 Å². The summed E-state index contributed by atoms with van der Waals surface area (Å²) in [5.74, 6) is -0.383. The van der Waals surface area contributed by atoms with E-state index in [4.69, 9.17) is 16.3 Å². The number of carbonyl (C=O) groups excluding carboxylic acids is 2. The van der Waals surface area contributed by atoms with Gasteiger partial charge in [0.05, 0.1) is 28.4 Å². The molecule has 0 spiro atoms. The Morgan fingerprint density at radius 3 is 2.23 bits per heavy atom. The van der Waals surface area contributed by atoms with Crippen LogP contribution in [0.1, 0.15) is 27.6 Å². The van der Waals surface area contributed by atoms with Crippen molar-refractivity contribution in [2.24, 2.45) is 0 Å². The van der Waals surface area contributed by atoms with Crippen LogP contribution in [0.25, 0.3) is 0 Å². The van der Waals surface area contributed by atoms with E-state index in [-0.39, 0.29) is 11.9 Å². The zero-order valence-electron chi connectivity index (χ0n) is 14.7. The number of hydrogen-bond donors (Lipinski definition) is 0. The first-order valence-corrected chi connectivity index (χ1v) is 9.04. The fraction of sp³-hybridized carbons (Fsp3) is 0.300. The molecule has 1 aliphatic heterocycles. The maximum atomic E-state index is 12.7. The predicted molar refractivity (Wildman–Crippen MR) is 102 cm³/mol. The summed E-state index contributed by atoms with van der Waals surface area (Å²) >= 11 is 6.14. The lowest BCUT2D eigenvalue weighted by Gasteiger charge is -2.36. The summed E-state index contributed by atoms with van der Waals surface area (Å²) in [6, 6.07) is 14.5. The van der Waals surface area contributed by atoms with Crippen LogP contribution in [0.15, 0.2) is 48.5 Å². The van der Waals surface area contributed by atoms with Gasteiger partial charge in [-0.15, -0.1) is 0 Å². The van der Waals surface area contributed by atoms with E-state index < -0.39 is 0 Å². The Morgan fingerprint density at radius 2 is 1.58 bits per heavy atom. The third-order valence-corrected chi connectivity index (χ3v) is 4.74. The van der Waals surface area contributed by atoms with Crippen molar-refractivity contribution in [2.45, 2.75) is 6.92 Å². The molecular formula is C20H21ClN2O3. The summed E-state index contributed by atoms with van der Waals surface area (Å²) in [4.78, 5) is 28.8. The molecule has 6 heteroatoms. The molecule has 0 saturated carbocycles. The van der Waals surface area contributed by atoms with Crippen molar-refractivity contribution in [3.8, 4) is 0 Å². The van der Waals surface area contributed by atoms with Crippen molar-refractivity contribution in [3.63, 3.8) is 0 Å². The van der Waals surface area contributed by atoms with Gasteiger partial charge >= 0.3 is 5.97 Å². The maximum Gasteiger partial charge on any atom is 0.340 e. The topological polar surface area (TPSA) is 49.9 Å². The van der Waals surface area contributed by atoms with E-state index in [1.54, 1.807) is 30.0 Å². The first-order valence-electron chi connectivity index (χ1n) is 8.66. The minimum atomic E-state index is -0.322. The number of carbonyl (C=O) groups is 2. The molecule has 0 aliphatic carbocycles. The molecule has 0 radical (unpaired) electrons. The smallest absolute Gasteiger partial charge is 0.340 e. The quantitative estimate of drug-likeness (QED) is 0.771. The number of halogens is 1. The molecule has 0 unspecified atom stereocenters. The minimum absolute atomic E-state index is 0.0612. The van der Waals surface area contributed by atoms with Gasteiger partial charge in [0.15, 0.2) is 0 Å². The monoisotopic (exact) mass is 372 g/mol. The average molecular weight is 373 g/mol. The Morgan fingerprint density at radius 1 is 0.962 bits per heavy atom. The molecule has 3 rings (SSSR count). The number of ether oxygens (including phenoxy) is 1. The number of rotatable bonds is 4. The Bertz CT molecular complexity index is 801. The van der Waals surface area contributed by atoms with Gasteiger partial charge < -0.3 is 14.5 Å². The first-order chi connectivity index (χ1) is 12.6. The van der Waals surface area contributed by atoms with Crippen LogP contribution in [0.2, 0.25) is 5.02 Å². The van der Waals surface area contributed by atoms with Gasteiger partial charge in [0, 0.05) is 26.2 Å². The highest BCUT2D eigenvalue weighted by atomic mass is 35.5. The van der Waals surface area contributed by atoms with Crippen LogP contribution in [0.4, 0.5) is 5.69 Å². The van der Waals surface area contributed by atoms with E-state index in [2.05, 4.69) is 4.90 Å². The highest BCUT2D eigenvalue weighted by Crippen LogP contribution is 2.24. The van der Waals surface area contributed by atoms with E-state index in [0.29, 0.717) is 48.9 Å². The number of anilines is 1. The van der Waals surface area contributed by atoms with Gasteiger partial charge in [-0.1, -0.05) is 35.9 Å². The molecule has 1 aliphatic rings. The third-order valence-electron chi connectivity index (χ3n) is 4.41. The van der Waals surface area contributed by atoms with Crippen LogP contribution >= 0.6 is 11.6 Å². The normalized spacial score (nSPS) is 14.2. The van der Waals surface area contributed by atoms with E-state index >= 15 is 0 Å². The molecule has 2 aromatic carbocycles. The molecule has 1 amide bonds. The lowest BCUT2D eigenvalue weighted by atomic mass is 10.1. The van der Waals surface area contributed by atoms with E-state index in [1.165, 1.54) is 0 Å². The van der Waals surface area contributed by atoms with Gasteiger partial charge in [-0.2, -0.15) is 0 Å². The molecule has 0 N–H and O–H groups in total. The molecular weight excluding hydrogens is 352 g/mol. The zero-order valence-corrected chi connectivity index (χ0v) is 15.4. The third kappa shape index (κ3) is 3.83. The number of piperazine rings is 1. The fourth-order valence-electron chi connectivity index (χ4n) is 3.09. The largest absolute Gasteiger partial charge is 0.462 e. The molecule has 26 heavy (non-hydrogen) atoms. The van der Waals surface area contributed by atoms with Crippen LogP contribution < -0.4 is 4.90 Å². The molecule has 0 aromatic heterocycles.